The molecule has 8 heteroatoms. The van der Waals surface area contributed by atoms with Crippen molar-refractivity contribution < 1.29 is 22.8 Å². The summed E-state index contributed by atoms with van der Waals surface area (Å²) in [5.41, 5.74) is 1.45. The van der Waals surface area contributed by atoms with Gasteiger partial charge in [-0.15, -0.1) is 0 Å². The average Bonchev–Trinajstić information content (AvgIpc) is 2.98. The van der Waals surface area contributed by atoms with Crippen LogP contribution in [0.25, 0.3) is 11.3 Å². The van der Waals surface area contributed by atoms with Crippen LogP contribution in [0.15, 0.2) is 51.5 Å². The number of aryl methyl sites for hydroxylation is 1. The van der Waals surface area contributed by atoms with Gasteiger partial charge < -0.3 is 9.26 Å². The fourth-order valence-electron chi connectivity index (χ4n) is 2.50. The molecule has 0 saturated carbocycles. The third-order valence-electron chi connectivity index (χ3n) is 3.88. The summed E-state index contributed by atoms with van der Waals surface area (Å²) in [6.07, 6.45) is -1.83. The van der Waals surface area contributed by atoms with Gasteiger partial charge in [-0.2, -0.15) is 0 Å². The van der Waals surface area contributed by atoms with Gasteiger partial charge in [0.05, 0.1) is 0 Å². The Morgan fingerprint density at radius 1 is 1.22 bits per heavy atom. The van der Waals surface area contributed by atoms with E-state index in [0.717, 1.165) is 22.7 Å². The van der Waals surface area contributed by atoms with Gasteiger partial charge in [0.25, 0.3) is 0 Å². The SMILES string of the molecule is Cc1noc(-c2ccc(Br)cc2)c1NC(=O)OC(C)c1cc(F)ccc1F. The molecule has 0 fully saturated rings. The highest BCUT2D eigenvalue weighted by molar-refractivity contribution is 9.10. The van der Waals surface area contributed by atoms with Crippen molar-refractivity contribution in [3.63, 3.8) is 0 Å². The second-order valence-electron chi connectivity index (χ2n) is 5.82. The fraction of sp³-hybridized carbons (Fsp3) is 0.158. The largest absolute Gasteiger partial charge is 0.441 e. The highest BCUT2D eigenvalue weighted by Crippen LogP contribution is 2.32. The van der Waals surface area contributed by atoms with Crippen LogP contribution >= 0.6 is 15.9 Å². The summed E-state index contributed by atoms with van der Waals surface area (Å²) in [5.74, 6) is -0.912. The zero-order chi connectivity index (χ0) is 19.6. The number of anilines is 1. The first-order valence-electron chi connectivity index (χ1n) is 8.00. The van der Waals surface area contributed by atoms with Crippen LogP contribution in [-0.4, -0.2) is 11.2 Å². The Morgan fingerprint density at radius 3 is 2.63 bits per heavy atom. The maximum atomic E-state index is 13.8. The molecule has 0 aliphatic carbocycles. The van der Waals surface area contributed by atoms with E-state index in [4.69, 9.17) is 9.26 Å². The Labute approximate surface area is 162 Å². The molecular weight excluding hydrogens is 422 g/mol. The number of amides is 1. The van der Waals surface area contributed by atoms with Crippen molar-refractivity contribution in [1.29, 1.82) is 0 Å². The summed E-state index contributed by atoms with van der Waals surface area (Å²) in [6.45, 7) is 3.12. The molecule has 0 bridgehead atoms. The number of benzene rings is 2. The molecule has 140 valence electrons. The van der Waals surface area contributed by atoms with E-state index in [0.29, 0.717) is 22.7 Å². The Kier molecular flexibility index (Phi) is 5.55. The van der Waals surface area contributed by atoms with Crippen molar-refractivity contribution in [2.75, 3.05) is 5.32 Å². The number of hydrogen-bond donors (Lipinski definition) is 1. The van der Waals surface area contributed by atoms with Gasteiger partial charge in [-0.05, 0) is 56.3 Å². The van der Waals surface area contributed by atoms with Crippen LogP contribution in [0.4, 0.5) is 19.3 Å². The van der Waals surface area contributed by atoms with Crippen LogP contribution < -0.4 is 5.32 Å². The third-order valence-corrected chi connectivity index (χ3v) is 4.40. The normalized spacial score (nSPS) is 11.9. The molecule has 0 radical (unpaired) electrons. The predicted molar refractivity (Wildman–Crippen MR) is 99.3 cm³/mol. The lowest BCUT2D eigenvalue weighted by Gasteiger charge is -2.15. The number of hydrogen-bond acceptors (Lipinski definition) is 4. The van der Waals surface area contributed by atoms with Crippen molar-refractivity contribution in [2.45, 2.75) is 20.0 Å². The van der Waals surface area contributed by atoms with E-state index in [9.17, 15) is 13.6 Å². The standard InChI is InChI=1S/C19H15BrF2N2O3/c1-10-17(18(27-24-10)12-3-5-13(20)6-4-12)23-19(25)26-11(2)15-9-14(21)7-8-16(15)22/h3-9,11H,1-2H3,(H,23,25). The molecule has 27 heavy (non-hydrogen) atoms. The molecule has 2 aromatic carbocycles. The maximum Gasteiger partial charge on any atom is 0.412 e. The Bertz CT molecular complexity index is 974. The Morgan fingerprint density at radius 2 is 1.93 bits per heavy atom. The van der Waals surface area contributed by atoms with Crippen LogP contribution in [0.3, 0.4) is 0 Å². The van der Waals surface area contributed by atoms with Crippen molar-refractivity contribution >= 4 is 27.7 Å². The molecule has 0 spiro atoms. The van der Waals surface area contributed by atoms with E-state index < -0.39 is 23.8 Å². The molecule has 0 saturated heterocycles. The van der Waals surface area contributed by atoms with E-state index in [-0.39, 0.29) is 5.56 Å². The number of carbonyl (C=O) groups excluding carboxylic acids is 1. The summed E-state index contributed by atoms with van der Waals surface area (Å²) < 4.78 is 38.5. The molecule has 5 nitrogen and oxygen atoms in total. The number of carbonyl (C=O) groups is 1. The topological polar surface area (TPSA) is 64.4 Å². The Balaban J connectivity index is 1.77. The van der Waals surface area contributed by atoms with Crippen molar-refractivity contribution in [3.8, 4) is 11.3 Å². The zero-order valence-corrected chi connectivity index (χ0v) is 16.0. The molecule has 1 amide bonds. The lowest BCUT2D eigenvalue weighted by atomic mass is 10.1. The number of nitrogens with one attached hydrogen (secondary N) is 1. The van der Waals surface area contributed by atoms with Crippen molar-refractivity contribution in [2.24, 2.45) is 0 Å². The molecule has 1 atom stereocenters. The quantitative estimate of drug-likeness (QED) is 0.544. The molecule has 1 aromatic heterocycles. The minimum atomic E-state index is -0.989. The van der Waals surface area contributed by atoms with E-state index >= 15 is 0 Å². The second kappa shape index (κ2) is 7.87. The van der Waals surface area contributed by atoms with Crippen LogP contribution in [-0.2, 0) is 4.74 Å². The average molecular weight is 437 g/mol. The molecule has 1 N–H and O–H groups in total. The summed E-state index contributed by atoms with van der Waals surface area (Å²) in [4.78, 5) is 12.3. The van der Waals surface area contributed by atoms with Gasteiger partial charge in [0.15, 0.2) is 5.76 Å². The molecule has 1 heterocycles. The van der Waals surface area contributed by atoms with Gasteiger partial charge in [-0.3, -0.25) is 5.32 Å². The minimum absolute atomic E-state index is 0.0553. The minimum Gasteiger partial charge on any atom is -0.441 e. The van der Waals surface area contributed by atoms with Gasteiger partial charge in [0.1, 0.15) is 29.1 Å². The Hall–Kier alpha value is -2.74. The van der Waals surface area contributed by atoms with Crippen LogP contribution in [0, 0.1) is 18.6 Å². The van der Waals surface area contributed by atoms with Crippen molar-refractivity contribution in [1.82, 2.24) is 5.16 Å². The number of rotatable bonds is 4. The highest BCUT2D eigenvalue weighted by Gasteiger charge is 2.21. The summed E-state index contributed by atoms with van der Waals surface area (Å²) >= 11 is 3.35. The van der Waals surface area contributed by atoms with Crippen LogP contribution in [0.5, 0.6) is 0 Å². The monoisotopic (exact) mass is 436 g/mol. The zero-order valence-electron chi connectivity index (χ0n) is 14.4. The van der Waals surface area contributed by atoms with Crippen LogP contribution in [0.2, 0.25) is 0 Å². The summed E-state index contributed by atoms with van der Waals surface area (Å²) in [5, 5.41) is 6.43. The molecule has 3 rings (SSSR count). The number of ether oxygens (including phenoxy) is 1. The van der Waals surface area contributed by atoms with E-state index in [1.165, 1.54) is 6.92 Å². The summed E-state index contributed by atoms with van der Waals surface area (Å²) in [6, 6.07) is 10.2. The molecule has 1 unspecified atom stereocenters. The predicted octanol–water partition coefficient (Wildman–Crippen LogP) is 6.00. The lowest BCUT2D eigenvalue weighted by molar-refractivity contribution is 0.119. The first-order valence-corrected chi connectivity index (χ1v) is 8.79. The molecular formula is C19H15BrF2N2O3. The van der Waals surface area contributed by atoms with E-state index in [1.54, 1.807) is 19.1 Å². The first-order chi connectivity index (χ1) is 12.8. The number of halogens is 3. The summed E-state index contributed by atoms with van der Waals surface area (Å²) in [7, 11) is 0. The molecule has 0 aliphatic rings. The van der Waals surface area contributed by atoms with E-state index in [2.05, 4.69) is 26.4 Å². The number of nitrogens with zero attached hydrogens (tertiary/aromatic N) is 1. The first kappa shape index (κ1) is 19.0. The van der Waals surface area contributed by atoms with Crippen molar-refractivity contribution in [3.05, 3.63) is 69.8 Å². The van der Waals surface area contributed by atoms with Crippen LogP contribution in [0.1, 0.15) is 24.3 Å². The fourth-order valence-corrected chi connectivity index (χ4v) is 2.76. The van der Waals surface area contributed by atoms with Gasteiger partial charge in [-0.25, -0.2) is 13.6 Å². The highest BCUT2D eigenvalue weighted by atomic mass is 79.9. The lowest BCUT2D eigenvalue weighted by Crippen LogP contribution is -2.17. The van der Waals surface area contributed by atoms with Gasteiger partial charge in [-0.1, -0.05) is 21.1 Å². The maximum absolute atomic E-state index is 13.8. The number of aromatic nitrogens is 1. The van der Waals surface area contributed by atoms with E-state index in [1.807, 2.05) is 12.1 Å². The molecule has 0 aliphatic heterocycles. The van der Waals surface area contributed by atoms with Gasteiger partial charge >= 0.3 is 6.09 Å². The third kappa shape index (κ3) is 4.33. The van der Waals surface area contributed by atoms with Gasteiger partial charge in [0.2, 0.25) is 0 Å². The second-order valence-corrected chi connectivity index (χ2v) is 6.73. The smallest absolute Gasteiger partial charge is 0.412 e. The molecule has 3 aromatic rings. The van der Waals surface area contributed by atoms with Gasteiger partial charge in [0, 0.05) is 15.6 Å².